The molecule has 0 radical (unpaired) electrons. The zero-order valence-electron chi connectivity index (χ0n) is 12.4. The van der Waals surface area contributed by atoms with E-state index in [9.17, 15) is 0 Å². The zero-order chi connectivity index (χ0) is 13.6. The molecule has 112 valence electrons. The summed E-state index contributed by atoms with van der Waals surface area (Å²) in [5.41, 5.74) is 4.51. The molecule has 2 aromatic carbocycles. The fourth-order valence-corrected chi connectivity index (χ4v) is 5.16. The molecular weight excluding hydrogens is 339 g/mol. The molecule has 0 bridgehead atoms. The third-order valence-corrected chi connectivity index (χ3v) is 6.32. The molecule has 0 nitrogen and oxygen atoms in total. The quantitative estimate of drug-likeness (QED) is 0.554. The summed E-state index contributed by atoms with van der Waals surface area (Å²) in [6.07, 6.45) is 7.20. The number of benzene rings is 2. The van der Waals surface area contributed by atoms with Crippen molar-refractivity contribution in [2.75, 3.05) is 0 Å². The van der Waals surface area contributed by atoms with Gasteiger partial charge in [0.2, 0.25) is 0 Å². The van der Waals surface area contributed by atoms with Gasteiger partial charge in [0.05, 0.1) is 0 Å². The largest absolute Gasteiger partial charge is 0.114 e. The van der Waals surface area contributed by atoms with Crippen molar-refractivity contribution in [3.63, 3.8) is 0 Å². The number of rotatable bonds is 4. The summed E-state index contributed by atoms with van der Waals surface area (Å²) < 4.78 is 0. The van der Waals surface area contributed by atoms with E-state index in [4.69, 9.17) is 0 Å². The Morgan fingerprint density at radius 1 is 0.714 bits per heavy atom. The summed E-state index contributed by atoms with van der Waals surface area (Å²) in [6.45, 7) is 0. The molecule has 21 heavy (non-hydrogen) atoms. The lowest BCUT2D eigenvalue weighted by Gasteiger charge is -2.27. The van der Waals surface area contributed by atoms with Crippen LogP contribution in [-0.2, 0) is 0 Å². The van der Waals surface area contributed by atoms with E-state index in [2.05, 4.69) is 60.7 Å². The van der Waals surface area contributed by atoms with Gasteiger partial charge >= 0.3 is 0 Å². The van der Waals surface area contributed by atoms with Gasteiger partial charge in [0, 0.05) is 5.66 Å². The standard InChI is InChI=1S/C19H23P.BrH/c1-4-10-16(11-5-1)19(17-12-6-2-7-13-17)20-18-14-8-3-9-15-18;/h1-2,4-7,10-13,18-20H,3,8-9,14-15H2;1H. The lowest BCUT2D eigenvalue weighted by molar-refractivity contribution is 0.512. The van der Waals surface area contributed by atoms with E-state index >= 15 is 0 Å². The van der Waals surface area contributed by atoms with Crippen molar-refractivity contribution in [2.45, 2.75) is 43.4 Å². The summed E-state index contributed by atoms with van der Waals surface area (Å²) in [7, 11) is 1.03. The highest BCUT2D eigenvalue weighted by Crippen LogP contribution is 2.47. The lowest BCUT2D eigenvalue weighted by atomic mass is 10.0. The molecule has 0 N–H and O–H groups in total. The molecule has 0 saturated heterocycles. The summed E-state index contributed by atoms with van der Waals surface area (Å²) in [6, 6.07) is 22.1. The maximum Gasteiger partial charge on any atom is 0.0265 e. The molecule has 2 heteroatoms. The van der Waals surface area contributed by atoms with Crippen molar-refractivity contribution in [3.8, 4) is 0 Å². The highest BCUT2D eigenvalue weighted by molar-refractivity contribution is 8.93. The topological polar surface area (TPSA) is 0 Å². The molecule has 1 saturated carbocycles. The van der Waals surface area contributed by atoms with Crippen LogP contribution in [0, 0.1) is 0 Å². The Hall–Kier alpha value is -0.650. The van der Waals surface area contributed by atoms with Gasteiger partial charge in [0.1, 0.15) is 0 Å². The monoisotopic (exact) mass is 362 g/mol. The first-order chi connectivity index (χ1) is 9.93. The minimum absolute atomic E-state index is 0. The Bertz CT molecular complexity index is 466. The molecule has 0 heterocycles. The third kappa shape index (κ3) is 4.66. The zero-order valence-corrected chi connectivity index (χ0v) is 15.1. The van der Waals surface area contributed by atoms with Gasteiger partial charge in [-0.05, 0) is 29.6 Å². The average Bonchev–Trinajstić information content (AvgIpc) is 2.55. The maximum absolute atomic E-state index is 2.30. The van der Waals surface area contributed by atoms with Gasteiger partial charge in [-0.15, -0.1) is 25.6 Å². The van der Waals surface area contributed by atoms with Crippen LogP contribution in [0.4, 0.5) is 0 Å². The van der Waals surface area contributed by atoms with Gasteiger partial charge in [0.25, 0.3) is 0 Å². The molecule has 0 spiro atoms. The van der Waals surface area contributed by atoms with Crippen LogP contribution in [0.2, 0.25) is 0 Å². The molecule has 2 aromatic rings. The van der Waals surface area contributed by atoms with Crippen LogP contribution in [0.3, 0.4) is 0 Å². The average molecular weight is 363 g/mol. The van der Waals surface area contributed by atoms with Crippen molar-refractivity contribution < 1.29 is 0 Å². The van der Waals surface area contributed by atoms with Gasteiger partial charge in [-0.1, -0.05) is 79.9 Å². The predicted molar refractivity (Wildman–Crippen MR) is 100 cm³/mol. The normalized spacial score (nSPS) is 16.2. The number of hydrogen-bond donors (Lipinski definition) is 0. The van der Waals surface area contributed by atoms with Crippen molar-refractivity contribution in [2.24, 2.45) is 0 Å². The molecule has 1 atom stereocenters. The Morgan fingerprint density at radius 2 is 1.19 bits per heavy atom. The van der Waals surface area contributed by atoms with E-state index in [1.54, 1.807) is 0 Å². The molecule has 0 amide bonds. The minimum atomic E-state index is 0. The summed E-state index contributed by atoms with van der Waals surface area (Å²) >= 11 is 0. The van der Waals surface area contributed by atoms with Crippen LogP contribution in [0.5, 0.6) is 0 Å². The Balaban J connectivity index is 0.00000161. The first-order valence-corrected chi connectivity index (χ1v) is 8.95. The molecule has 0 aromatic heterocycles. The van der Waals surface area contributed by atoms with Crippen LogP contribution in [0.25, 0.3) is 0 Å². The first kappa shape index (κ1) is 16.7. The summed E-state index contributed by atoms with van der Waals surface area (Å²) in [4.78, 5) is 0. The van der Waals surface area contributed by atoms with Crippen LogP contribution < -0.4 is 0 Å². The Kier molecular flexibility index (Phi) is 6.93. The minimum Gasteiger partial charge on any atom is -0.114 e. The number of halogens is 1. The van der Waals surface area contributed by atoms with Gasteiger partial charge < -0.3 is 0 Å². The molecular formula is C19H24BrP. The fraction of sp³-hybridized carbons (Fsp3) is 0.368. The predicted octanol–water partition coefficient (Wildman–Crippen LogP) is 6.37. The van der Waals surface area contributed by atoms with Crippen molar-refractivity contribution >= 4 is 25.6 Å². The summed E-state index contributed by atoms with van der Waals surface area (Å²) in [5.74, 6) is 0. The van der Waals surface area contributed by atoms with Gasteiger partial charge in [-0.2, -0.15) is 0 Å². The molecule has 1 aliphatic carbocycles. The molecule has 0 aliphatic heterocycles. The number of hydrogen-bond acceptors (Lipinski definition) is 0. The van der Waals surface area contributed by atoms with Gasteiger partial charge in [0.15, 0.2) is 0 Å². The van der Waals surface area contributed by atoms with Crippen molar-refractivity contribution in [1.82, 2.24) is 0 Å². The van der Waals surface area contributed by atoms with Crippen molar-refractivity contribution in [3.05, 3.63) is 71.8 Å². The van der Waals surface area contributed by atoms with Crippen LogP contribution in [0.15, 0.2) is 60.7 Å². The van der Waals surface area contributed by atoms with E-state index in [1.807, 2.05) is 0 Å². The maximum atomic E-state index is 2.30. The molecule has 1 aliphatic rings. The second-order valence-corrected chi connectivity index (χ2v) is 7.48. The summed E-state index contributed by atoms with van der Waals surface area (Å²) in [5, 5.41) is 0. The van der Waals surface area contributed by atoms with Crippen LogP contribution in [-0.4, -0.2) is 5.66 Å². The Morgan fingerprint density at radius 3 is 1.67 bits per heavy atom. The fourth-order valence-electron chi connectivity index (χ4n) is 3.18. The van der Waals surface area contributed by atoms with E-state index in [0.29, 0.717) is 5.66 Å². The second-order valence-electron chi connectivity index (χ2n) is 5.76. The Labute approximate surface area is 140 Å². The SMILES string of the molecule is Br.c1ccc(C(PC2CCCCC2)c2ccccc2)cc1. The smallest absolute Gasteiger partial charge is 0.0265 e. The van der Waals surface area contributed by atoms with Crippen LogP contribution in [0.1, 0.15) is 48.9 Å². The highest BCUT2D eigenvalue weighted by Gasteiger charge is 2.21. The van der Waals surface area contributed by atoms with E-state index in [-0.39, 0.29) is 17.0 Å². The molecule has 1 unspecified atom stereocenters. The van der Waals surface area contributed by atoms with Crippen LogP contribution >= 0.6 is 25.6 Å². The van der Waals surface area contributed by atoms with Crippen molar-refractivity contribution in [1.29, 1.82) is 0 Å². The van der Waals surface area contributed by atoms with E-state index in [0.717, 1.165) is 14.2 Å². The first-order valence-electron chi connectivity index (χ1n) is 7.79. The molecule has 1 fully saturated rings. The van der Waals surface area contributed by atoms with Gasteiger partial charge in [-0.25, -0.2) is 0 Å². The second kappa shape index (κ2) is 8.71. The van der Waals surface area contributed by atoms with E-state index < -0.39 is 0 Å². The highest BCUT2D eigenvalue weighted by atomic mass is 79.9. The van der Waals surface area contributed by atoms with E-state index in [1.165, 1.54) is 43.2 Å². The molecule has 3 rings (SSSR count). The lowest BCUT2D eigenvalue weighted by Crippen LogP contribution is -2.09. The third-order valence-electron chi connectivity index (χ3n) is 4.27. The van der Waals surface area contributed by atoms with Gasteiger partial charge in [-0.3, -0.25) is 0 Å².